The molecule has 0 bridgehead atoms. The van der Waals surface area contributed by atoms with Crippen molar-refractivity contribution in [1.29, 1.82) is 0 Å². The van der Waals surface area contributed by atoms with Crippen molar-refractivity contribution in [3.63, 3.8) is 0 Å². The van der Waals surface area contributed by atoms with Crippen LogP contribution in [0.5, 0.6) is 0 Å². The van der Waals surface area contributed by atoms with E-state index >= 15 is 0 Å². The molecule has 1 amide bonds. The first-order valence-corrected chi connectivity index (χ1v) is 7.06. The van der Waals surface area contributed by atoms with Gasteiger partial charge in [-0.2, -0.15) is 0 Å². The minimum absolute atomic E-state index is 0.129. The maximum atomic E-state index is 12.1. The van der Waals surface area contributed by atoms with Gasteiger partial charge in [0.05, 0.1) is 17.1 Å². The highest BCUT2D eigenvalue weighted by Crippen LogP contribution is 2.18. The van der Waals surface area contributed by atoms with E-state index in [-0.39, 0.29) is 17.6 Å². The van der Waals surface area contributed by atoms with E-state index in [4.69, 9.17) is 22.1 Å². The van der Waals surface area contributed by atoms with Gasteiger partial charge >= 0.3 is 0 Å². The predicted molar refractivity (Wildman–Crippen MR) is 81.9 cm³/mol. The molecule has 1 rings (SSSR count). The van der Waals surface area contributed by atoms with Crippen LogP contribution in [0, 0.1) is 0 Å². The second-order valence-corrected chi connectivity index (χ2v) is 4.33. The molecule has 6 heteroatoms. The first kappa shape index (κ1) is 16.5. The van der Waals surface area contributed by atoms with Crippen molar-refractivity contribution in [2.24, 2.45) is 10.7 Å². The summed E-state index contributed by atoms with van der Waals surface area (Å²) >= 11 is 5.60. The number of nitrogens with one attached hydrogen (secondary N) is 1. The highest BCUT2D eigenvalue weighted by Gasteiger charge is 2.10. The van der Waals surface area contributed by atoms with E-state index in [1.165, 1.54) is 0 Å². The van der Waals surface area contributed by atoms with Gasteiger partial charge in [0.15, 0.2) is 0 Å². The van der Waals surface area contributed by atoms with Gasteiger partial charge in [-0.05, 0) is 25.5 Å². The smallest absolute Gasteiger partial charge is 0.253 e. The van der Waals surface area contributed by atoms with E-state index in [2.05, 4.69) is 10.3 Å². The minimum atomic E-state index is -0.178. The Bertz CT molecular complexity index is 463. The SMILES string of the molecule is CCOCCCNC(=O)c1ccccc1N=C(N)CCl. The fraction of sp³-hybridized carbons (Fsp3) is 0.429. The summed E-state index contributed by atoms with van der Waals surface area (Å²) in [5, 5.41) is 2.83. The van der Waals surface area contributed by atoms with Gasteiger partial charge in [-0.3, -0.25) is 4.79 Å². The van der Waals surface area contributed by atoms with E-state index in [1.54, 1.807) is 24.3 Å². The number of alkyl halides is 1. The fourth-order valence-electron chi connectivity index (χ4n) is 1.56. The maximum Gasteiger partial charge on any atom is 0.253 e. The molecule has 110 valence electrons. The zero-order chi connectivity index (χ0) is 14.8. The Morgan fingerprint density at radius 1 is 1.45 bits per heavy atom. The van der Waals surface area contributed by atoms with Crippen LogP contribution in [0.25, 0.3) is 0 Å². The normalized spacial score (nSPS) is 11.4. The van der Waals surface area contributed by atoms with Gasteiger partial charge in [0.2, 0.25) is 0 Å². The summed E-state index contributed by atoms with van der Waals surface area (Å²) in [5.41, 5.74) is 6.60. The summed E-state index contributed by atoms with van der Waals surface area (Å²) in [6, 6.07) is 7.02. The summed E-state index contributed by atoms with van der Waals surface area (Å²) < 4.78 is 5.21. The summed E-state index contributed by atoms with van der Waals surface area (Å²) in [5.74, 6) is 0.233. The predicted octanol–water partition coefficient (Wildman–Crippen LogP) is 2.07. The van der Waals surface area contributed by atoms with E-state index in [0.29, 0.717) is 31.0 Å². The third-order valence-corrected chi connectivity index (χ3v) is 2.78. The number of nitrogens with zero attached hydrogens (tertiary/aromatic N) is 1. The molecule has 0 unspecified atom stereocenters. The Kier molecular flexibility index (Phi) is 7.69. The largest absolute Gasteiger partial charge is 0.386 e. The number of para-hydroxylation sites is 1. The van der Waals surface area contributed by atoms with Gasteiger partial charge in [0.25, 0.3) is 5.91 Å². The molecule has 0 saturated carbocycles. The molecule has 0 aromatic heterocycles. The maximum absolute atomic E-state index is 12.1. The molecule has 5 nitrogen and oxygen atoms in total. The molecule has 3 N–H and O–H groups in total. The Hall–Kier alpha value is -1.59. The third-order valence-electron chi connectivity index (χ3n) is 2.50. The Labute approximate surface area is 124 Å². The van der Waals surface area contributed by atoms with Crippen LogP contribution in [-0.4, -0.2) is 37.4 Å². The van der Waals surface area contributed by atoms with Crippen LogP contribution in [0.1, 0.15) is 23.7 Å². The molecular weight excluding hydrogens is 278 g/mol. The molecule has 0 heterocycles. The average molecular weight is 298 g/mol. The van der Waals surface area contributed by atoms with Crippen LogP contribution in [0.2, 0.25) is 0 Å². The molecule has 0 radical (unpaired) electrons. The van der Waals surface area contributed by atoms with Crippen LogP contribution >= 0.6 is 11.6 Å². The number of carbonyl (C=O) groups excluding carboxylic acids is 1. The first-order chi connectivity index (χ1) is 9.69. The zero-order valence-electron chi connectivity index (χ0n) is 11.6. The molecule has 0 fully saturated rings. The van der Waals surface area contributed by atoms with Gasteiger partial charge < -0.3 is 15.8 Å². The number of halogens is 1. The topological polar surface area (TPSA) is 76.7 Å². The van der Waals surface area contributed by atoms with Crippen LogP contribution in [0.4, 0.5) is 5.69 Å². The fourth-order valence-corrected chi connectivity index (χ4v) is 1.62. The number of nitrogens with two attached hydrogens (primary N) is 1. The number of rotatable bonds is 8. The van der Waals surface area contributed by atoms with E-state index in [0.717, 1.165) is 6.42 Å². The zero-order valence-corrected chi connectivity index (χ0v) is 12.3. The molecule has 1 aromatic carbocycles. The number of carbonyl (C=O) groups is 1. The van der Waals surface area contributed by atoms with Gasteiger partial charge in [0, 0.05) is 19.8 Å². The van der Waals surface area contributed by atoms with Crippen molar-refractivity contribution in [3.8, 4) is 0 Å². The number of ether oxygens (including phenoxy) is 1. The van der Waals surface area contributed by atoms with Gasteiger partial charge in [-0.15, -0.1) is 11.6 Å². The lowest BCUT2D eigenvalue weighted by Crippen LogP contribution is -2.25. The van der Waals surface area contributed by atoms with Crippen molar-refractivity contribution in [1.82, 2.24) is 5.32 Å². The molecule has 0 aliphatic heterocycles. The van der Waals surface area contributed by atoms with E-state index in [9.17, 15) is 4.79 Å². The highest BCUT2D eigenvalue weighted by atomic mass is 35.5. The summed E-state index contributed by atoms with van der Waals surface area (Å²) in [6.45, 7) is 3.81. The number of hydrogen-bond donors (Lipinski definition) is 2. The standard InChI is InChI=1S/C14H20ClN3O2/c1-2-20-9-5-8-17-14(19)11-6-3-4-7-12(11)18-13(16)10-15/h3-4,6-7H,2,5,8-10H2,1H3,(H2,16,18)(H,17,19). The van der Waals surface area contributed by atoms with Crippen molar-refractivity contribution >= 4 is 29.0 Å². The van der Waals surface area contributed by atoms with Crippen molar-refractivity contribution in [2.45, 2.75) is 13.3 Å². The molecule has 0 saturated heterocycles. The second kappa shape index (κ2) is 9.34. The molecule has 0 aliphatic rings. The Morgan fingerprint density at radius 3 is 2.90 bits per heavy atom. The third kappa shape index (κ3) is 5.59. The monoisotopic (exact) mass is 297 g/mol. The van der Waals surface area contributed by atoms with Crippen LogP contribution < -0.4 is 11.1 Å². The molecule has 0 aliphatic carbocycles. The first-order valence-electron chi connectivity index (χ1n) is 6.53. The van der Waals surface area contributed by atoms with Gasteiger partial charge in [-0.1, -0.05) is 12.1 Å². The van der Waals surface area contributed by atoms with E-state index < -0.39 is 0 Å². The number of aliphatic imine (C=N–C) groups is 1. The highest BCUT2D eigenvalue weighted by molar-refractivity contribution is 6.28. The quantitative estimate of drug-likeness (QED) is 0.334. The van der Waals surface area contributed by atoms with E-state index in [1.807, 2.05) is 6.92 Å². The molecule has 20 heavy (non-hydrogen) atoms. The number of amidine groups is 1. The molecular formula is C14H20ClN3O2. The lowest BCUT2D eigenvalue weighted by Gasteiger charge is -2.08. The van der Waals surface area contributed by atoms with Crippen molar-refractivity contribution in [2.75, 3.05) is 25.6 Å². The summed E-state index contributed by atoms with van der Waals surface area (Å²) in [6.07, 6.45) is 0.773. The van der Waals surface area contributed by atoms with Crippen LogP contribution in [0.15, 0.2) is 29.3 Å². The Balaban J connectivity index is 2.63. The van der Waals surface area contributed by atoms with Crippen molar-refractivity contribution in [3.05, 3.63) is 29.8 Å². The number of amides is 1. The van der Waals surface area contributed by atoms with Crippen LogP contribution in [-0.2, 0) is 4.74 Å². The van der Waals surface area contributed by atoms with Crippen molar-refractivity contribution < 1.29 is 9.53 Å². The molecule has 0 atom stereocenters. The van der Waals surface area contributed by atoms with Crippen LogP contribution in [0.3, 0.4) is 0 Å². The lowest BCUT2D eigenvalue weighted by molar-refractivity contribution is 0.0945. The summed E-state index contributed by atoms with van der Waals surface area (Å²) in [4.78, 5) is 16.2. The minimum Gasteiger partial charge on any atom is -0.386 e. The summed E-state index contributed by atoms with van der Waals surface area (Å²) in [7, 11) is 0. The molecule has 0 spiro atoms. The van der Waals surface area contributed by atoms with Gasteiger partial charge in [0.1, 0.15) is 5.84 Å². The number of hydrogen-bond acceptors (Lipinski definition) is 3. The number of benzene rings is 1. The second-order valence-electron chi connectivity index (χ2n) is 4.06. The lowest BCUT2D eigenvalue weighted by atomic mass is 10.1. The molecule has 1 aromatic rings. The Morgan fingerprint density at radius 2 is 2.20 bits per heavy atom. The average Bonchev–Trinajstić information content (AvgIpc) is 2.47. The van der Waals surface area contributed by atoms with Gasteiger partial charge in [-0.25, -0.2) is 4.99 Å².